The highest BCUT2D eigenvalue weighted by molar-refractivity contribution is 7.13. The van der Waals surface area contributed by atoms with E-state index in [1.165, 1.54) is 30.6 Å². The number of esters is 1. The topological polar surface area (TPSA) is 86.1 Å². The molecule has 152 valence electrons. The number of ether oxygens (including phenoxy) is 1. The van der Waals surface area contributed by atoms with Crippen molar-refractivity contribution in [2.24, 2.45) is 0 Å². The summed E-state index contributed by atoms with van der Waals surface area (Å²) < 4.78 is 20.6. The van der Waals surface area contributed by atoms with E-state index < -0.39 is 17.7 Å². The van der Waals surface area contributed by atoms with Crippen LogP contribution in [0.4, 0.5) is 10.1 Å². The maximum absolute atomic E-state index is 14.3. The van der Waals surface area contributed by atoms with Gasteiger partial charge in [0.1, 0.15) is 5.82 Å². The number of methoxy groups -OCH3 is 1. The van der Waals surface area contributed by atoms with Crippen molar-refractivity contribution in [1.82, 2.24) is 14.8 Å². The number of benzene rings is 1. The Morgan fingerprint density at radius 3 is 2.80 bits per heavy atom. The summed E-state index contributed by atoms with van der Waals surface area (Å²) in [5, 5.41) is 9.33. The maximum atomic E-state index is 14.3. The van der Waals surface area contributed by atoms with Gasteiger partial charge in [0.25, 0.3) is 5.91 Å². The molecule has 0 radical (unpaired) electrons. The van der Waals surface area contributed by atoms with E-state index in [1.54, 1.807) is 16.9 Å². The van der Waals surface area contributed by atoms with Crippen LogP contribution >= 0.6 is 11.3 Å². The number of nitrogens with zero attached hydrogens (tertiary/aromatic N) is 3. The Balaban J connectivity index is 1.78. The van der Waals surface area contributed by atoms with Crippen LogP contribution in [-0.4, -0.2) is 33.8 Å². The first kappa shape index (κ1) is 19.7. The second-order valence-corrected chi connectivity index (χ2v) is 7.32. The quantitative estimate of drug-likeness (QED) is 0.481. The minimum atomic E-state index is -0.663. The fraction of sp³-hybridized carbons (Fsp3) is 0.143. The van der Waals surface area contributed by atoms with E-state index in [0.29, 0.717) is 28.8 Å². The highest BCUT2D eigenvalue weighted by atomic mass is 32.1. The Labute approximate surface area is 175 Å². The lowest BCUT2D eigenvalue weighted by atomic mass is 10.1. The van der Waals surface area contributed by atoms with Gasteiger partial charge < -0.3 is 10.1 Å². The van der Waals surface area contributed by atoms with Crippen molar-refractivity contribution in [1.29, 1.82) is 0 Å². The third-order valence-corrected chi connectivity index (χ3v) is 5.46. The molecule has 0 atom stereocenters. The van der Waals surface area contributed by atoms with Crippen LogP contribution in [0.15, 0.2) is 48.0 Å². The van der Waals surface area contributed by atoms with Crippen molar-refractivity contribution in [3.63, 3.8) is 0 Å². The van der Waals surface area contributed by atoms with Crippen LogP contribution in [0.1, 0.15) is 27.6 Å². The van der Waals surface area contributed by atoms with Crippen molar-refractivity contribution in [2.75, 3.05) is 12.4 Å². The molecule has 9 heteroatoms. The molecular formula is C21H17FN4O3S. The molecule has 0 unspecified atom stereocenters. The molecule has 0 aliphatic carbocycles. The van der Waals surface area contributed by atoms with E-state index >= 15 is 0 Å². The van der Waals surface area contributed by atoms with Gasteiger partial charge in [0.15, 0.2) is 5.65 Å². The van der Waals surface area contributed by atoms with Crippen molar-refractivity contribution in [2.45, 2.75) is 13.5 Å². The molecule has 0 aliphatic rings. The summed E-state index contributed by atoms with van der Waals surface area (Å²) in [7, 11) is 1.23. The number of carbonyl (C=O) groups is 2. The van der Waals surface area contributed by atoms with Gasteiger partial charge in [-0.3, -0.25) is 4.79 Å². The summed E-state index contributed by atoms with van der Waals surface area (Å²) in [5.74, 6) is -1.82. The molecule has 3 aromatic heterocycles. The van der Waals surface area contributed by atoms with Gasteiger partial charge in [0.05, 0.1) is 46.1 Å². The summed E-state index contributed by atoms with van der Waals surface area (Å²) in [6.07, 6.45) is 1.57. The minimum Gasteiger partial charge on any atom is -0.465 e. The third kappa shape index (κ3) is 3.55. The number of hydrogen-bond acceptors (Lipinski definition) is 6. The normalized spacial score (nSPS) is 10.9. The van der Waals surface area contributed by atoms with E-state index in [9.17, 15) is 14.0 Å². The number of pyridine rings is 1. The molecule has 0 saturated carbocycles. The van der Waals surface area contributed by atoms with E-state index in [-0.39, 0.29) is 11.3 Å². The van der Waals surface area contributed by atoms with Crippen LogP contribution < -0.4 is 5.32 Å². The molecule has 0 bridgehead atoms. The van der Waals surface area contributed by atoms with E-state index in [0.717, 1.165) is 10.9 Å². The maximum Gasteiger partial charge on any atom is 0.337 e. The van der Waals surface area contributed by atoms with Gasteiger partial charge in [-0.15, -0.1) is 11.3 Å². The van der Waals surface area contributed by atoms with Crippen LogP contribution in [0.25, 0.3) is 21.6 Å². The van der Waals surface area contributed by atoms with Gasteiger partial charge in [-0.1, -0.05) is 6.07 Å². The smallest absolute Gasteiger partial charge is 0.337 e. The highest BCUT2D eigenvalue weighted by Crippen LogP contribution is 2.29. The number of aryl methyl sites for hydroxylation is 1. The fourth-order valence-electron chi connectivity index (χ4n) is 3.07. The Kier molecular flexibility index (Phi) is 5.28. The summed E-state index contributed by atoms with van der Waals surface area (Å²) in [5.41, 5.74) is 1.52. The zero-order valence-corrected chi connectivity index (χ0v) is 17.0. The first-order chi connectivity index (χ1) is 14.5. The van der Waals surface area contributed by atoms with Gasteiger partial charge in [-0.05, 0) is 42.6 Å². The first-order valence-electron chi connectivity index (χ1n) is 9.11. The number of hydrogen-bond donors (Lipinski definition) is 1. The summed E-state index contributed by atoms with van der Waals surface area (Å²) in [4.78, 5) is 30.4. The lowest BCUT2D eigenvalue weighted by Gasteiger charge is -2.10. The van der Waals surface area contributed by atoms with Crippen LogP contribution in [0, 0.1) is 5.82 Å². The molecule has 4 aromatic rings. The molecule has 7 nitrogen and oxygen atoms in total. The molecule has 4 rings (SSSR count). The molecule has 0 aliphatic heterocycles. The van der Waals surface area contributed by atoms with E-state index in [1.807, 2.05) is 24.4 Å². The average Bonchev–Trinajstić information content (AvgIpc) is 3.43. The van der Waals surface area contributed by atoms with Crippen molar-refractivity contribution in [3.8, 4) is 10.6 Å². The Bertz CT molecular complexity index is 1250. The molecule has 0 fully saturated rings. The summed E-state index contributed by atoms with van der Waals surface area (Å²) in [6, 6.07) is 9.11. The minimum absolute atomic E-state index is 0.117. The predicted molar refractivity (Wildman–Crippen MR) is 112 cm³/mol. The van der Waals surface area contributed by atoms with Gasteiger partial charge in [0, 0.05) is 6.54 Å². The molecule has 30 heavy (non-hydrogen) atoms. The van der Waals surface area contributed by atoms with Gasteiger partial charge in [-0.25, -0.2) is 18.9 Å². The SMILES string of the molecule is CCn1ncc2c(C(=O)Nc3cc(C(=O)OC)ccc3F)cc(-c3cccs3)nc21. The molecule has 1 amide bonds. The molecule has 3 heterocycles. The zero-order valence-electron chi connectivity index (χ0n) is 16.2. The second kappa shape index (κ2) is 8.03. The number of rotatable bonds is 5. The number of fused-ring (bicyclic) bond motifs is 1. The van der Waals surface area contributed by atoms with Crippen LogP contribution in [-0.2, 0) is 11.3 Å². The van der Waals surface area contributed by atoms with Gasteiger partial charge >= 0.3 is 5.97 Å². The third-order valence-electron chi connectivity index (χ3n) is 4.56. The van der Waals surface area contributed by atoms with E-state index in [2.05, 4.69) is 20.1 Å². The fourth-order valence-corrected chi connectivity index (χ4v) is 3.76. The predicted octanol–water partition coefficient (Wildman–Crippen LogP) is 4.36. The number of aromatic nitrogens is 3. The summed E-state index contributed by atoms with van der Waals surface area (Å²) >= 11 is 1.50. The van der Waals surface area contributed by atoms with Crippen molar-refractivity contribution < 1.29 is 18.7 Å². The number of halogens is 1. The van der Waals surface area contributed by atoms with Gasteiger partial charge in [-0.2, -0.15) is 5.10 Å². The zero-order chi connectivity index (χ0) is 21.3. The average molecular weight is 424 g/mol. The van der Waals surface area contributed by atoms with Crippen LogP contribution in [0.3, 0.4) is 0 Å². The number of nitrogens with one attached hydrogen (secondary N) is 1. The monoisotopic (exact) mass is 424 g/mol. The molecule has 0 spiro atoms. The van der Waals surface area contributed by atoms with E-state index in [4.69, 9.17) is 0 Å². The Morgan fingerprint density at radius 2 is 2.10 bits per heavy atom. The first-order valence-corrected chi connectivity index (χ1v) is 9.99. The van der Waals surface area contributed by atoms with Crippen molar-refractivity contribution >= 4 is 39.9 Å². The molecule has 1 N–H and O–H groups in total. The van der Waals surface area contributed by atoms with Crippen LogP contribution in [0.5, 0.6) is 0 Å². The number of amides is 1. The lowest BCUT2D eigenvalue weighted by molar-refractivity contribution is 0.0600. The molecule has 1 aromatic carbocycles. The van der Waals surface area contributed by atoms with Gasteiger partial charge in [0.2, 0.25) is 0 Å². The summed E-state index contributed by atoms with van der Waals surface area (Å²) in [6.45, 7) is 2.51. The number of carbonyl (C=O) groups excluding carboxylic acids is 2. The van der Waals surface area contributed by atoms with Crippen molar-refractivity contribution in [3.05, 3.63) is 64.9 Å². The largest absolute Gasteiger partial charge is 0.465 e. The molecule has 0 saturated heterocycles. The number of thiophene rings is 1. The Hall–Kier alpha value is -3.59. The highest BCUT2D eigenvalue weighted by Gasteiger charge is 2.19. The Morgan fingerprint density at radius 1 is 1.27 bits per heavy atom. The number of anilines is 1. The van der Waals surface area contributed by atoms with Crippen LogP contribution in [0.2, 0.25) is 0 Å². The lowest BCUT2D eigenvalue weighted by Crippen LogP contribution is -2.15. The standard InChI is InChI=1S/C21H17FN4O3S/c1-3-26-19-14(11-23-26)13(10-17(24-19)18-5-4-8-30-18)20(27)25-16-9-12(21(28)29-2)6-7-15(16)22/h4-11H,3H2,1-2H3,(H,25,27). The molecular weight excluding hydrogens is 407 g/mol. The second-order valence-electron chi connectivity index (χ2n) is 6.37.